The molecule has 0 aromatic carbocycles. The molecule has 1 heterocycles. The molecule has 7 nitrogen and oxygen atoms in total. The molecule has 1 aromatic heterocycles. The Hall–Kier alpha value is -1.63. The van der Waals surface area contributed by atoms with Crippen LogP contribution >= 0.6 is 0 Å². The minimum absolute atomic E-state index is 0.0282. The fourth-order valence-electron chi connectivity index (χ4n) is 1.83. The van der Waals surface area contributed by atoms with Gasteiger partial charge in [-0.1, -0.05) is 27.7 Å². The lowest BCUT2D eigenvalue weighted by atomic mass is 9.85. The van der Waals surface area contributed by atoms with E-state index in [1.165, 1.54) is 7.11 Å². The van der Waals surface area contributed by atoms with Crippen molar-refractivity contribution < 1.29 is 9.84 Å². The maximum atomic E-state index is 9.22. The van der Waals surface area contributed by atoms with Gasteiger partial charge in [-0.2, -0.15) is 15.0 Å². The molecule has 0 spiro atoms. The SMILES string of the molecule is CCCNc1nc(NC(CCO)C(C)(C)C)nc(OC)n1. The van der Waals surface area contributed by atoms with Crippen LogP contribution in [0.1, 0.15) is 40.5 Å². The fraction of sp³-hybridized carbons (Fsp3) is 0.786. The average Bonchev–Trinajstić information content (AvgIpc) is 2.43. The third-order valence-corrected chi connectivity index (χ3v) is 3.10. The summed E-state index contributed by atoms with van der Waals surface area (Å²) >= 11 is 0. The quantitative estimate of drug-likeness (QED) is 0.675. The highest BCUT2D eigenvalue weighted by Gasteiger charge is 2.25. The van der Waals surface area contributed by atoms with Crippen molar-refractivity contribution in [2.45, 2.75) is 46.6 Å². The molecule has 0 aliphatic heterocycles. The molecule has 1 aromatic rings. The Morgan fingerprint density at radius 1 is 1.19 bits per heavy atom. The highest BCUT2D eigenvalue weighted by atomic mass is 16.5. The summed E-state index contributed by atoms with van der Waals surface area (Å²) in [5.74, 6) is 0.941. The summed E-state index contributed by atoms with van der Waals surface area (Å²) in [6.07, 6.45) is 1.60. The lowest BCUT2D eigenvalue weighted by Crippen LogP contribution is -2.35. The number of rotatable bonds is 8. The van der Waals surface area contributed by atoms with E-state index in [9.17, 15) is 5.11 Å². The second kappa shape index (κ2) is 7.97. The molecule has 3 N–H and O–H groups in total. The van der Waals surface area contributed by atoms with Gasteiger partial charge in [-0.25, -0.2) is 0 Å². The van der Waals surface area contributed by atoms with Crippen LogP contribution in [0.25, 0.3) is 0 Å². The van der Waals surface area contributed by atoms with Gasteiger partial charge in [0.25, 0.3) is 0 Å². The van der Waals surface area contributed by atoms with E-state index in [1.807, 2.05) is 0 Å². The maximum Gasteiger partial charge on any atom is 0.322 e. The zero-order chi connectivity index (χ0) is 15.9. The minimum atomic E-state index is -0.0282. The number of aromatic nitrogens is 3. The van der Waals surface area contributed by atoms with Crippen LogP contribution in [0.5, 0.6) is 6.01 Å². The molecular formula is C14H27N5O2. The number of hydrogen-bond donors (Lipinski definition) is 3. The highest BCUT2D eigenvalue weighted by Crippen LogP contribution is 2.25. The van der Waals surface area contributed by atoms with Gasteiger partial charge in [0.15, 0.2) is 0 Å². The minimum Gasteiger partial charge on any atom is -0.467 e. The molecule has 7 heteroatoms. The van der Waals surface area contributed by atoms with E-state index < -0.39 is 0 Å². The summed E-state index contributed by atoms with van der Waals surface area (Å²) in [6, 6.07) is 0.316. The number of aliphatic hydroxyl groups excluding tert-OH is 1. The Morgan fingerprint density at radius 2 is 1.86 bits per heavy atom. The van der Waals surface area contributed by atoms with Gasteiger partial charge in [0, 0.05) is 19.2 Å². The number of ether oxygens (including phenoxy) is 1. The van der Waals surface area contributed by atoms with Gasteiger partial charge >= 0.3 is 6.01 Å². The molecular weight excluding hydrogens is 270 g/mol. The third kappa shape index (κ3) is 5.71. The number of nitrogens with zero attached hydrogens (tertiary/aromatic N) is 3. The van der Waals surface area contributed by atoms with Crippen molar-refractivity contribution >= 4 is 11.9 Å². The van der Waals surface area contributed by atoms with Gasteiger partial charge in [0.05, 0.1) is 7.11 Å². The number of methoxy groups -OCH3 is 1. The van der Waals surface area contributed by atoms with Crippen molar-refractivity contribution in [1.82, 2.24) is 15.0 Å². The third-order valence-electron chi connectivity index (χ3n) is 3.10. The van der Waals surface area contributed by atoms with Crippen LogP contribution < -0.4 is 15.4 Å². The predicted molar refractivity (Wildman–Crippen MR) is 83.7 cm³/mol. The molecule has 120 valence electrons. The van der Waals surface area contributed by atoms with E-state index in [0.29, 0.717) is 18.3 Å². The van der Waals surface area contributed by atoms with Crippen molar-refractivity contribution in [3.63, 3.8) is 0 Å². The van der Waals surface area contributed by atoms with Crippen LogP contribution in [-0.4, -0.2) is 46.4 Å². The van der Waals surface area contributed by atoms with E-state index in [-0.39, 0.29) is 24.1 Å². The average molecular weight is 297 g/mol. The molecule has 0 amide bonds. The summed E-state index contributed by atoms with van der Waals surface area (Å²) in [4.78, 5) is 12.7. The molecule has 0 bridgehead atoms. The zero-order valence-electron chi connectivity index (χ0n) is 13.6. The highest BCUT2D eigenvalue weighted by molar-refractivity contribution is 5.37. The van der Waals surface area contributed by atoms with Crippen LogP contribution in [0.2, 0.25) is 0 Å². The fourth-order valence-corrected chi connectivity index (χ4v) is 1.83. The smallest absolute Gasteiger partial charge is 0.322 e. The number of nitrogens with one attached hydrogen (secondary N) is 2. The Bertz CT molecular complexity index is 434. The number of hydrogen-bond acceptors (Lipinski definition) is 7. The summed E-state index contributed by atoms with van der Waals surface area (Å²) in [5.41, 5.74) is -0.0282. The van der Waals surface area contributed by atoms with Crippen molar-refractivity contribution in [2.24, 2.45) is 5.41 Å². The van der Waals surface area contributed by atoms with Crippen LogP contribution in [0.15, 0.2) is 0 Å². The van der Waals surface area contributed by atoms with Gasteiger partial charge in [0.2, 0.25) is 11.9 Å². The standard InChI is InChI=1S/C14H27N5O2/c1-6-8-15-11-17-12(19-13(18-11)21-5)16-10(7-9-20)14(2,3)4/h10,20H,6-9H2,1-5H3,(H2,15,16,17,18,19). The van der Waals surface area contributed by atoms with Gasteiger partial charge in [0.1, 0.15) is 0 Å². The first-order valence-corrected chi connectivity index (χ1v) is 7.32. The molecule has 1 atom stereocenters. The molecule has 0 saturated carbocycles. The molecule has 1 rings (SSSR count). The largest absolute Gasteiger partial charge is 0.467 e. The Labute approximate surface area is 126 Å². The number of anilines is 2. The van der Waals surface area contributed by atoms with E-state index in [2.05, 4.69) is 53.3 Å². The van der Waals surface area contributed by atoms with Crippen LogP contribution in [0, 0.1) is 5.41 Å². The van der Waals surface area contributed by atoms with Gasteiger partial charge < -0.3 is 20.5 Å². The topological polar surface area (TPSA) is 92.2 Å². The second-order valence-electron chi connectivity index (χ2n) is 5.97. The molecule has 1 unspecified atom stereocenters. The Morgan fingerprint density at radius 3 is 2.38 bits per heavy atom. The van der Waals surface area contributed by atoms with Crippen LogP contribution in [-0.2, 0) is 0 Å². The molecule has 0 saturated heterocycles. The monoisotopic (exact) mass is 297 g/mol. The first-order chi connectivity index (χ1) is 9.90. The predicted octanol–water partition coefficient (Wildman–Crippen LogP) is 1.91. The van der Waals surface area contributed by atoms with Crippen LogP contribution in [0.4, 0.5) is 11.9 Å². The molecule has 21 heavy (non-hydrogen) atoms. The Kier molecular flexibility index (Phi) is 6.61. The normalized spacial score (nSPS) is 12.9. The maximum absolute atomic E-state index is 9.22. The molecule has 0 fully saturated rings. The summed E-state index contributed by atoms with van der Waals surface area (Å²) < 4.78 is 5.11. The lowest BCUT2D eigenvalue weighted by molar-refractivity contribution is 0.234. The van der Waals surface area contributed by atoms with E-state index in [0.717, 1.165) is 13.0 Å². The van der Waals surface area contributed by atoms with Gasteiger partial charge in [-0.05, 0) is 18.3 Å². The molecule has 0 aliphatic rings. The van der Waals surface area contributed by atoms with Gasteiger partial charge in [-0.15, -0.1) is 0 Å². The van der Waals surface area contributed by atoms with E-state index in [4.69, 9.17) is 4.74 Å². The first-order valence-electron chi connectivity index (χ1n) is 7.32. The Balaban J connectivity index is 2.93. The summed E-state index contributed by atoms with van der Waals surface area (Å²) in [7, 11) is 1.53. The number of aliphatic hydroxyl groups is 1. The van der Waals surface area contributed by atoms with Crippen molar-refractivity contribution in [3.8, 4) is 6.01 Å². The van der Waals surface area contributed by atoms with Gasteiger partial charge in [-0.3, -0.25) is 0 Å². The summed E-state index contributed by atoms with van der Waals surface area (Å²) in [5, 5.41) is 15.6. The molecule has 0 aliphatic carbocycles. The first kappa shape index (κ1) is 17.4. The van der Waals surface area contributed by atoms with Crippen LogP contribution in [0.3, 0.4) is 0 Å². The second-order valence-corrected chi connectivity index (χ2v) is 5.97. The van der Waals surface area contributed by atoms with Crippen molar-refractivity contribution in [2.75, 3.05) is 30.9 Å². The van der Waals surface area contributed by atoms with Crippen molar-refractivity contribution in [1.29, 1.82) is 0 Å². The molecule has 0 radical (unpaired) electrons. The van der Waals surface area contributed by atoms with Crippen molar-refractivity contribution in [3.05, 3.63) is 0 Å². The van der Waals surface area contributed by atoms with E-state index in [1.54, 1.807) is 0 Å². The zero-order valence-corrected chi connectivity index (χ0v) is 13.6. The summed E-state index contributed by atoms with van der Waals surface area (Å²) in [6.45, 7) is 9.28. The van der Waals surface area contributed by atoms with E-state index >= 15 is 0 Å². The lowest BCUT2D eigenvalue weighted by Gasteiger charge is -2.31.